The Morgan fingerprint density at radius 1 is 1.42 bits per heavy atom. The number of aromatic nitrogens is 2. The van der Waals surface area contributed by atoms with Gasteiger partial charge < -0.3 is 14.8 Å². The van der Waals surface area contributed by atoms with Crippen molar-refractivity contribution in [2.75, 3.05) is 13.1 Å². The van der Waals surface area contributed by atoms with Gasteiger partial charge in [-0.3, -0.25) is 0 Å². The number of piperidine rings is 1. The molecule has 19 heavy (non-hydrogen) atoms. The van der Waals surface area contributed by atoms with Gasteiger partial charge in [0.2, 0.25) is 5.88 Å². The van der Waals surface area contributed by atoms with Gasteiger partial charge >= 0.3 is 6.09 Å². The molecule has 1 aliphatic rings. The number of nitrogens with zero attached hydrogens (tertiary/aromatic N) is 2. The highest BCUT2D eigenvalue weighted by Crippen LogP contribution is 2.15. The molecule has 6 nitrogen and oxygen atoms in total. The highest BCUT2D eigenvalue weighted by atomic mass is 16.6. The normalized spacial score (nSPS) is 17.2. The summed E-state index contributed by atoms with van der Waals surface area (Å²) < 4.78 is 12.3. The summed E-state index contributed by atoms with van der Waals surface area (Å²) in [4.78, 5) is 15.9. The van der Waals surface area contributed by atoms with Crippen LogP contribution in [0.3, 0.4) is 0 Å². The van der Waals surface area contributed by atoms with Gasteiger partial charge in [0, 0.05) is 0 Å². The first-order valence-corrected chi connectivity index (χ1v) is 6.59. The molecule has 0 saturated carbocycles. The molecule has 1 aromatic rings. The van der Waals surface area contributed by atoms with Crippen molar-refractivity contribution in [3.63, 3.8) is 0 Å². The summed E-state index contributed by atoms with van der Waals surface area (Å²) in [6.45, 7) is 7.39. The lowest BCUT2D eigenvalue weighted by Crippen LogP contribution is -2.34. The number of carbonyl (C=O) groups is 1. The first kappa shape index (κ1) is 13.9. The fourth-order valence-electron chi connectivity index (χ4n) is 1.86. The van der Waals surface area contributed by atoms with Crippen LogP contribution in [0.1, 0.15) is 33.6 Å². The molecular weight excluding hydrogens is 246 g/mol. The van der Waals surface area contributed by atoms with Crippen LogP contribution >= 0.6 is 0 Å². The Kier molecular flexibility index (Phi) is 4.09. The molecule has 1 fully saturated rings. The molecule has 1 aliphatic heterocycles. The standard InChI is InChI=1S/C13H21N3O3/c1-13(2,3)19-12(17)16-8-11(15-9-16)18-10-4-6-14-7-5-10/h8-10,14H,4-7H2,1-3H3. The van der Waals surface area contributed by atoms with Gasteiger partial charge in [0.25, 0.3) is 0 Å². The van der Waals surface area contributed by atoms with Gasteiger partial charge in [-0.1, -0.05) is 0 Å². The van der Waals surface area contributed by atoms with Crippen LogP contribution in [0.15, 0.2) is 12.5 Å². The summed E-state index contributed by atoms with van der Waals surface area (Å²) in [6.07, 6.45) is 4.63. The van der Waals surface area contributed by atoms with Gasteiger partial charge in [-0.25, -0.2) is 14.3 Å². The van der Waals surface area contributed by atoms with Crippen LogP contribution in [-0.4, -0.2) is 40.4 Å². The summed E-state index contributed by atoms with van der Waals surface area (Å²) in [5, 5.41) is 3.27. The second-order valence-corrected chi connectivity index (χ2v) is 5.67. The smallest absolute Gasteiger partial charge is 0.419 e. The lowest BCUT2D eigenvalue weighted by Gasteiger charge is -2.22. The largest absolute Gasteiger partial charge is 0.473 e. The van der Waals surface area contributed by atoms with Crippen molar-refractivity contribution in [3.05, 3.63) is 12.5 Å². The Balaban J connectivity index is 1.92. The van der Waals surface area contributed by atoms with Crippen molar-refractivity contribution in [1.82, 2.24) is 14.9 Å². The summed E-state index contributed by atoms with van der Waals surface area (Å²) in [5.74, 6) is 0.470. The second-order valence-electron chi connectivity index (χ2n) is 5.67. The van der Waals surface area contributed by atoms with Gasteiger partial charge in [-0.2, -0.15) is 0 Å². The van der Waals surface area contributed by atoms with E-state index in [2.05, 4.69) is 10.3 Å². The molecule has 0 atom stereocenters. The number of rotatable bonds is 2. The van der Waals surface area contributed by atoms with Gasteiger partial charge in [-0.15, -0.1) is 0 Å². The number of carbonyl (C=O) groups excluding carboxylic acids is 1. The SMILES string of the molecule is CC(C)(C)OC(=O)n1cnc(OC2CCNCC2)c1. The zero-order valence-corrected chi connectivity index (χ0v) is 11.7. The first-order valence-electron chi connectivity index (χ1n) is 6.59. The van der Waals surface area contributed by atoms with Crippen LogP contribution in [0.25, 0.3) is 0 Å². The van der Waals surface area contributed by atoms with E-state index in [-0.39, 0.29) is 6.10 Å². The third-order valence-corrected chi connectivity index (χ3v) is 2.74. The Labute approximate surface area is 113 Å². The van der Waals surface area contributed by atoms with Crippen molar-refractivity contribution in [2.24, 2.45) is 0 Å². The molecule has 0 bridgehead atoms. The van der Waals surface area contributed by atoms with Gasteiger partial charge in [0.1, 0.15) is 18.0 Å². The molecule has 106 valence electrons. The molecule has 0 amide bonds. The number of imidazole rings is 1. The predicted molar refractivity (Wildman–Crippen MR) is 70.4 cm³/mol. The first-order chi connectivity index (χ1) is 8.94. The topological polar surface area (TPSA) is 65.4 Å². The lowest BCUT2D eigenvalue weighted by molar-refractivity contribution is 0.0535. The monoisotopic (exact) mass is 267 g/mol. The summed E-state index contributed by atoms with van der Waals surface area (Å²) in [5.41, 5.74) is -0.516. The zero-order chi connectivity index (χ0) is 13.9. The highest BCUT2D eigenvalue weighted by Gasteiger charge is 2.20. The average molecular weight is 267 g/mol. The minimum Gasteiger partial charge on any atom is -0.473 e. The number of hydrogen-bond donors (Lipinski definition) is 1. The molecule has 1 N–H and O–H groups in total. The van der Waals surface area contributed by atoms with Gasteiger partial charge in [0.15, 0.2) is 0 Å². The Hall–Kier alpha value is -1.56. The van der Waals surface area contributed by atoms with Crippen LogP contribution in [0.2, 0.25) is 0 Å². The fourth-order valence-corrected chi connectivity index (χ4v) is 1.86. The van der Waals surface area contributed by atoms with Crippen molar-refractivity contribution in [2.45, 2.75) is 45.3 Å². The lowest BCUT2D eigenvalue weighted by atomic mass is 10.1. The highest BCUT2D eigenvalue weighted by molar-refractivity contribution is 5.70. The van der Waals surface area contributed by atoms with Gasteiger partial charge in [0.05, 0.1) is 6.20 Å². The van der Waals surface area contributed by atoms with E-state index >= 15 is 0 Å². The molecule has 0 aromatic carbocycles. The van der Waals surface area contributed by atoms with E-state index in [1.807, 2.05) is 20.8 Å². The molecule has 0 spiro atoms. The van der Waals surface area contributed by atoms with Crippen molar-refractivity contribution >= 4 is 6.09 Å². The van der Waals surface area contributed by atoms with Crippen molar-refractivity contribution < 1.29 is 14.3 Å². The van der Waals surface area contributed by atoms with E-state index in [1.54, 1.807) is 6.20 Å². The quantitative estimate of drug-likeness (QED) is 0.885. The molecule has 1 saturated heterocycles. The third-order valence-electron chi connectivity index (χ3n) is 2.74. The Morgan fingerprint density at radius 3 is 2.74 bits per heavy atom. The van der Waals surface area contributed by atoms with Crippen LogP contribution in [0.5, 0.6) is 5.88 Å². The maximum Gasteiger partial charge on any atom is 0.419 e. The predicted octanol–water partition coefficient (Wildman–Crippen LogP) is 1.80. The number of ether oxygens (including phenoxy) is 2. The minimum atomic E-state index is -0.516. The molecule has 1 aromatic heterocycles. The second kappa shape index (κ2) is 5.61. The van der Waals surface area contributed by atoms with Crippen molar-refractivity contribution in [3.8, 4) is 5.88 Å². The van der Waals surface area contributed by atoms with Gasteiger partial charge in [-0.05, 0) is 46.7 Å². The third kappa shape index (κ3) is 4.24. The molecule has 2 heterocycles. The van der Waals surface area contributed by atoms with E-state index in [0.29, 0.717) is 5.88 Å². The molecule has 6 heteroatoms. The van der Waals surface area contributed by atoms with E-state index < -0.39 is 11.7 Å². The molecular formula is C13H21N3O3. The van der Waals surface area contributed by atoms with E-state index in [0.717, 1.165) is 25.9 Å². The Morgan fingerprint density at radius 2 is 2.11 bits per heavy atom. The molecule has 0 aliphatic carbocycles. The van der Waals surface area contributed by atoms with E-state index in [9.17, 15) is 4.79 Å². The summed E-state index contributed by atoms with van der Waals surface area (Å²) in [7, 11) is 0. The molecule has 0 unspecified atom stereocenters. The minimum absolute atomic E-state index is 0.170. The van der Waals surface area contributed by atoms with Crippen LogP contribution in [0.4, 0.5) is 4.79 Å². The molecule has 2 rings (SSSR count). The van der Waals surface area contributed by atoms with E-state index in [1.165, 1.54) is 10.9 Å². The van der Waals surface area contributed by atoms with E-state index in [4.69, 9.17) is 9.47 Å². The Bertz CT molecular complexity index is 431. The zero-order valence-electron chi connectivity index (χ0n) is 11.7. The van der Waals surface area contributed by atoms with Crippen LogP contribution < -0.4 is 10.1 Å². The van der Waals surface area contributed by atoms with Crippen molar-refractivity contribution in [1.29, 1.82) is 0 Å². The summed E-state index contributed by atoms with van der Waals surface area (Å²) >= 11 is 0. The van der Waals surface area contributed by atoms with Crippen LogP contribution in [-0.2, 0) is 4.74 Å². The summed E-state index contributed by atoms with van der Waals surface area (Å²) in [6, 6.07) is 0. The maximum atomic E-state index is 11.8. The number of nitrogens with one attached hydrogen (secondary N) is 1. The maximum absolute atomic E-state index is 11.8. The average Bonchev–Trinajstić information content (AvgIpc) is 2.77. The fraction of sp³-hybridized carbons (Fsp3) is 0.692. The number of hydrogen-bond acceptors (Lipinski definition) is 5. The van der Waals surface area contributed by atoms with Crippen LogP contribution in [0, 0.1) is 0 Å². The molecule has 0 radical (unpaired) electrons.